The molecular weight excluding hydrogens is 374 g/mol. The van der Waals surface area contributed by atoms with Crippen LogP contribution in [0.3, 0.4) is 0 Å². The van der Waals surface area contributed by atoms with Gasteiger partial charge in [-0.2, -0.15) is 0 Å². The molecule has 1 saturated heterocycles. The molecule has 0 bridgehead atoms. The molecular formula is C23H22F2N2O2. The molecule has 0 aliphatic carbocycles. The highest BCUT2D eigenvalue weighted by atomic mass is 19.1. The van der Waals surface area contributed by atoms with Crippen molar-refractivity contribution in [2.45, 2.75) is 26.7 Å². The number of aryl methyl sites for hydroxylation is 1. The van der Waals surface area contributed by atoms with Gasteiger partial charge >= 0.3 is 0 Å². The van der Waals surface area contributed by atoms with E-state index in [1.807, 2.05) is 24.0 Å². The van der Waals surface area contributed by atoms with Crippen molar-refractivity contribution in [3.05, 3.63) is 70.9 Å². The second-order valence-corrected chi connectivity index (χ2v) is 7.80. The standard InChI is InChI=1S/C23H22F2N2O2/c1-14-3-5-16(6-4-14)20-21(26-11-9-15(2)10-12-26)23(29)27(22(20)28)19-13-17(24)7-8-18(19)25/h3-8,13,15H,9-12H2,1-2H3. The van der Waals surface area contributed by atoms with Gasteiger partial charge in [-0.1, -0.05) is 36.8 Å². The average molecular weight is 396 g/mol. The summed E-state index contributed by atoms with van der Waals surface area (Å²) in [7, 11) is 0. The molecule has 2 heterocycles. The fourth-order valence-electron chi connectivity index (χ4n) is 3.90. The van der Waals surface area contributed by atoms with Crippen molar-refractivity contribution in [2.75, 3.05) is 18.0 Å². The van der Waals surface area contributed by atoms with Crippen LogP contribution in [0.15, 0.2) is 48.2 Å². The zero-order valence-electron chi connectivity index (χ0n) is 16.4. The molecule has 1 fully saturated rings. The second-order valence-electron chi connectivity index (χ2n) is 7.80. The SMILES string of the molecule is Cc1ccc(C2=C(N3CCC(C)CC3)C(=O)N(c3cc(F)ccc3F)C2=O)cc1. The van der Waals surface area contributed by atoms with Gasteiger partial charge in [0.15, 0.2) is 0 Å². The van der Waals surface area contributed by atoms with Gasteiger partial charge in [0, 0.05) is 19.2 Å². The Morgan fingerprint density at radius 2 is 1.59 bits per heavy atom. The molecule has 150 valence electrons. The van der Waals surface area contributed by atoms with E-state index >= 15 is 0 Å². The Bertz CT molecular complexity index is 1010. The summed E-state index contributed by atoms with van der Waals surface area (Å²) < 4.78 is 28.2. The van der Waals surface area contributed by atoms with E-state index < -0.39 is 23.4 Å². The van der Waals surface area contributed by atoms with E-state index in [-0.39, 0.29) is 17.0 Å². The Morgan fingerprint density at radius 1 is 0.931 bits per heavy atom. The lowest BCUT2D eigenvalue weighted by atomic mass is 9.97. The minimum absolute atomic E-state index is 0.244. The van der Waals surface area contributed by atoms with Gasteiger partial charge in [-0.25, -0.2) is 13.7 Å². The number of amides is 2. The number of hydrogen-bond acceptors (Lipinski definition) is 3. The van der Waals surface area contributed by atoms with Gasteiger partial charge in [0.25, 0.3) is 11.8 Å². The number of imide groups is 1. The van der Waals surface area contributed by atoms with Gasteiger partial charge < -0.3 is 4.90 Å². The predicted molar refractivity (Wildman–Crippen MR) is 107 cm³/mol. The van der Waals surface area contributed by atoms with Crippen LogP contribution < -0.4 is 4.90 Å². The van der Waals surface area contributed by atoms with Crippen LogP contribution in [-0.4, -0.2) is 29.8 Å². The number of nitrogens with zero attached hydrogens (tertiary/aromatic N) is 2. The topological polar surface area (TPSA) is 40.6 Å². The Labute approximate surface area is 168 Å². The van der Waals surface area contributed by atoms with Gasteiger partial charge in [0.1, 0.15) is 17.3 Å². The molecule has 0 radical (unpaired) electrons. The predicted octanol–water partition coefficient (Wildman–Crippen LogP) is 4.29. The molecule has 0 atom stereocenters. The van der Waals surface area contributed by atoms with Gasteiger partial charge in [0.05, 0.1) is 11.3 Å². The molecule has 0 N–H and O–H groups in total. The lowest BCUT2D eigenvalue weighted by Crippen LogP contribution is -2.38. The van der Waals surface area contributed by atoms with Gasteiger partial charge in [0.2, 0.25) is 0 Å². The molecule has 6 heteroatoms. The summed E-state index contributed by atoms with van der Waals surface area (Å²) in [5, 5.41) is 0. The summed E-state index contributed by atoms with van der Waals surface area (Å²) in [4.78, 5) is 29.3. The van der Waals surface area contributed by atoms with Crippen molar-refractivity contribution < 1.29 is 18.4 Å². The molecule has 29 heavy (non-hydrogen) atoms. The average Bonchev–Trinajstić information content (AvgIpc) is 2.95. The van der Waals surface area contributed by atoms with Crippen LogP contribution in [0.1, 0.15) is 30.9 Å². The highest BCUT2D eigenvalue weighted by Gasteiger charge is 2.43. The lowest BCUT2D eigenvalue weighted by molar-refractivity contribution is -0.120. The van der Waals surface area contributed by atoms with Crippen LogP contribution in [0.2, 0.25) is 0 Å². The minimum atomic E-state index is -0.815. The number of benzene rings is 2. The summed E-state index contributed by atoms with van der Waals surface area (Å²) in [6, 6.07) is 10.1. The van der Waals surface area contributed by atoms with Crippen molar-refractivity contribution in [3.63, 3.8) is 0 Å². The molecule has 2 aromatic rings. The zero-order valence-corrected chi connectivity index (χ0v) is 16.4. The molecule has 2 aliphatic rings. The van der Waals surface area contributed by atoms with E-state index in [4.69, 9.17) is 0 Å². The van der Waals surface area contributed by atoms with Crippen molar-refractivity contribution in [3.8, 4) is 0 Å². The Morgan fingerprint density at radius 3 is 2.24 bits per heavy atom. The Hall–Kier alpha value is -3.02. The van der Waals surface area contributed by atoms with Crippen molar-refractivity contribution in [1.82, 2.24) is 4.90 Å². The van der Waals surface area contributed by atoms with Crippen LogP contribution in [-0.2, 0) is 9.59 Å². The summed E-state index contributed by atoms with van der Waals surface area (Å²) in [5.41, 5.74) is 1.78. The number of hydrogen-bond donors (Lipinski definition) is 0. The first kappa shape index (κ1) is 19.3. The van der Waals surface area contributed by atoms with Crippen LogP contribution in [0.25, 0.3) is 5.57 Å². The minimum Gasteiger partial charge on any atom is -0.366 e. The molecule has 0 saturated carbocycles. The van der Waals surface area contributed by atoms with E-state index in [9.17, 15) is 18.4 Å². The molecule has 0 unspecified atom stereocenters. The number of anilines is 1. The fourth-order valence-corrected chi connectivity index (χ4v) is 3.90. The maximum absolute atomic E-state index is 14.4. The maximum Gasteiger partial charge on any atom is 0.282 e. The lowest BCUT2D eigenvalue weighted by Gasteiger charge is -2.32. The van der Waals surface area contributed by atoms with E-state index in [0.717, 1.165) is 41.5 Å². The van der Waals surface area contributed by atoms with Gasteiger partial charge in [-0.3, -0.25) is 9.59 Å². The molecule has 4 rings (SSSR count). The molecule has 2 aromatic carbocycles. The molecule has 4 nitrogen and oxygen atoms in total. The first-order valence-corrected chi connectivity index (χ1v) is 9.77. The van der Waals surface area contributed by atoms with E-state index in [1.165, 1.54) is 0 Å². The third-order valence-electron chi connectivity index (χ3n) is 5.65. The summed E-state index contributed by atoms with van der Waals surface area (Å²) in [5.74, 6) is -2.22. The van der Waals surface area contributed by atoms with Crippen molar-refractivity contribution in [1.29, 1.82) is 0 Å². The number of likely N-dealkylation sites (tertiary alicyclic amines) is 1. The zero-order chi connectivity index (χ0) is 20.7. The van der Waals surface area contributed by atoms with E-state index in [2.05, 4.69) is 6.92 Å². The Kier molecular flexibility index (Phi) is 4.94. The fraction of sp³-hybridized carbons (Fsp3) is 0.304. The summed E-state index contributed by atoms with van der Waals surface area (Å²) >= 11 is 0. The maximum atomic E-state index is 14.4. The molecule has 0 aromatic heterocycles. The molecule has 2 aliphatic heterocycles. The number of rotatable bonds is 3. The van der Waals surface area contributed by atoms with Crippen LogP contribution in [0, 0.1) is 24.5 Å². The number of carbonyl (C=O) groups is 2. The van der Waals surface area contributed by atoms with E-state index in [1.54, 1.807) is 12.1 Å². The highest BCUT2D eigenvalue weighted by Crippen LogP contribution is 2.37. The smallest absolute Gasteiger partial charge is 0.282 e. The van der Waals surface area contributed by atoms with Gasteiger partial charge in [-0.05, 0) is 43.4 Å². The van der Waals surface area contributed by atoms with Crippen LogP contribution >= 0.6 is 0 Å². The monoisotopic (exact) mass is 396 g/mol. The Balaban J connectivity index is 1.83. The quantitative estimate of drug-likeness (QED) is 0.727. The number of carbonyl (C=O) groups excluding carboxylic acids is 2. The van der Waals surface area contributed by atoms with Crippen molar-refractivity contribution in [2.24, 2.45) is 5.92 Å². The molecule has 2 amide bonds. The molecule has 0 spiro atoms. The second kappa shape index (κ2) is 7.43. The highest BCUT2D eigenvalue weighted by molar-refractivity contribution is 6.45. The van der Waals surface area contributed by atoms with E-state index in [0.29, 0.717) is 24.6 Å². The van der Waals surface area contributed by atoms with Gasteiger partial charge in [-0.15, -0.1) is 0 Å². The van der Waals surface area contributed by atoms with Crippen LogP contribution in [0.5, 0.6) is 0 Å². The largest absolute Gasteiger partial charge is 0.366 e. The van der Waals surface area contributed by atoms with Crippen LogP contribution in [0.4, 0.5) is 14.5 Å². The third-order valence-corrected chi connectivity index (χ3v) is 5.65. The third kappa shape index (κ3) is 3.43. The first-order valence-electron chi connectivity index (χ1n) is 9.77. The summed E-state index contributed by atoms with van der Waals surface area (Å²) in [6.07, 6.45) is 1.81. The normalized spacial score (nSPS) is 18.2. The number of piperidine rings is 1. The number of halogens is 2. The van der Waals surface area contributed by atoms with Crippen molar-refractivity contribution >= 4 is 23.1 Å². The summed E-state index contributed by atoms with van der Waals surface area (Å²) in [6.45, 7) is 5.37. The first-order chi connectivity index (χ1) is 13.9.